The lowest BCUT2D eigenvalue weighted by Crippen LogP contribution is -2.12. The number of aryl methyl sites for hydroxylation is 1. The van der Waals surface area contributed by atoms with E-state index in [-0.39, 0.29) is 12.7 Å². The standard InChI is InChI=1S/C21H19N3O3/c1-2-14-5-3-4-6-17(14)24-20-11-15(9-10-22-20)21(25)23-16-7-8-18-19(12-16)27-13-26-18/h3-12H,2,13H2,1H3,(H,22,24)(H,23,25). The maximum atomic E-state index is 12.6. The van der Waals surface area contributed by atoms with Crippen LogP contribution in [0.25, 0.3) is 0 Å². The maximum absolute atomic E-state index is 12.6. The van der Waals surface area contributed by atoms with Gasteiger partial charge in [-0.1, -0.05) is 25.1 Å². The van der Waals surface area contributed by atoms with Gasteiger partial charge < -0.3 is 20.1 Å². The molecule has 0 spiro atoms. The molecule has 0 fully saturated rings. The van der Waals surface area contributed by atoms with Crippen LogP contribution in [0.15, 0.2) is 60.8 Å². The average molecular weight is 361 g/mol. The lowest BCUT2D eigenvalue weighted by atomic mass is 10.1. The largest absolute Gasteiger partial charge is 0.454 e. The molecule has 0 unspecified atom stereocenters. The minimum Gasteiger partial charge on any atom is -0.454 e. The molecular weight excluding hydrogens is 342 g/mol. The molecule has 1 aromatic heterocycles. The fourth-order valence-electron chi connectivity index (χ4n) is 2.91. The van der Waals surface area contributed by atoms with Crippen LogP contribution in [0.5, 0.6) is 11.5 Å². The van der Waals surface area contributed by atoms with E-state index in [2.05, 4.69) is 28.6 Å². The van der Waals surface area contributed by atoms with Gasteiger partial charge in [-0.15, -0.1) is 0 Å². The predicted octanol–water partition coefficient (Wildman–Crippen LogP) is 4.37. The number of nitrogens with one attached hydrogen (secondary N) is 2. The van der Waals surface area contributed by atoms with Crippen LogP contribution in [-0.4, -0.2) is 17.7 Å². The second kappa shape index (κ2) is 7.37. The molecule has 1 amide bonds. The Morgan fingerprint density at radius 1 is 1.07 bits per heavy atom. The third-order valence-electron chi connectivity index (χ3n) is 4.31. The molecule has 6 nitrogen and oxygen atoms in total. The van der Waals surface area contributed by atoms with E-state index in [1.54, 1.807) is 36.5 Å². The number of carbonyl (C=O) groups excluding carboxylic acids is 1. The lowest BCUT2D eigenvalue weighted by molar-refractivity contribution is 0.102. The van der Waals surface area contributed by atoms with Crippen molar-refractivity contribution in [1.29, 1.82) is 0 Å². The number of rotatable bonds is 5. The zero-order valence-corrected chi connectivity index (χ0v) is 14.9. The molecule has 27 heavy (non-hydrogen) atoms. The van der Waals surface area contributed by atoms with Crippen molar-refractivity contribution in [2.75, 3.05) is 17.4 Å². The predicted molar refractivity (Wildman–Crippen MR) is 104 cm³/mol. The number of anilines is 3. The van der Waals surface area contributed by atoms with Gasteiger partial charge in [0.05, 0.1) is 0 Å². The summed E-state index contributed by atoms with van der Waals surface area (Å²) in [7, 11) is 0. The number of pyridine rings is 1. The van der Waals surface area contributed by atoms with E-state index in [9.17, 15) is 4.79 Å². The third-order valence-corrected chi connectivity index (χ3v) is 4.31. The Hall–Kier alpha value is -3.54. The summed E-state index contributed by atoms with van der Waals surface area (Å²) in [6.45, 7) is 2.30. The fraction of sp³-hybridized carbons (Fsp3) is 0.143. The van der Waals surface area contributed by atoms with Gasteiger partial charge in [-0.05, 0) is 42.3 Å². The molecule has 2 heterocycles. The zero-order chi connectivity index (χ0) is 18.6. The number of carbonyl (C=O) groups is 1. The summed E-state index contributed by atoms with van der Waals surface area (Å²) in [5, 5.41) is 6.16. The zero-order valence-electron chi connectivity index (χ0n) is 14.9. The Morgan fingerprint density at radius 2 is 1.93 bits per heavy atom. The number of para-hydroxylation sites is 1. The summed E-state index contributed by atoms with van der Waals surface area (Å²) in [6.07, 6.45) is 2.53. The Bertz CT molecular complexity index is 988. The molecule has 0 saturated carbocycles. The van der Waals surface area contributed by atoms with Crippen LogP contribution in [0, 0.1) is 0 Å². The number of aromatic nitrogens is 1. The van der Waals surface area contributed by atoms with Crippen molar-refractivity contribution in [2.45, 2.75) is 13.3 Å². The molecule has 0 aliphatic carbocycles. The van der Waals surface area contributed by atoms with Crippen molar-refractivity contribution in [3.05, 3.63) is 71.9 Å². The van der Waals surface area contributed by atoms with E-state index in [0.29, 0.717) is 28.6 Å². The number of hydrogen-bond acceptors (Lipinski definition) is 5. The molecule has 136 valence electrons. The van der Waals surface area contributed by atoms with Gasteiger partial charge in [-0.2, -0.15) is 0 Å². The highest BCUT2D eigenvalue weighted by molar-refractivity contribution is 6.04. The summed E-state index contributed by atoms with van der Waals surface area (Å²) in [5.74, 6) is 1.70. The Balaban J connectivity index is 1.51. The van der Waals surface area contributed by atoms with E-state index >= 15 is 0 Å². The van der Waals surface area contributed by atoms with Gasteiger partial charge in [0.2, 0.25) is 6.79 Å². The van der Waals surface area contributed by atoms with E-state index in [1.165, 1.54) is 5.56 Å². The molecule has 0 atom stereocenters. The second-order valence-corrected chi connectivity index (χ2v) is 6.09. The highest BCUT2D eigenvalue weighted by Crippen LogP contribution is 2.34. The fourth-order valence-corrected chi connectivity index (χ4v) is 2.91. The number of ether oxygens (including phenoxy) is 2. The van der Waals surface area contributed by atoms with Crippen molar-refractivity contribution in [3.8, 4) is 11.5 Å². The molecule has 6 heteroatoms. The molecule has 0 bridgehead atoms. The highest BCUT2D eigenvalue weighted by Gasteiger charge is 2.15. The molecule has 1 aliphatic rings. The van der Waals surface area contributed by atoms with E-state index in [4.69, 9.17) is 9.47 Å². The van der Waals surface area contributed by atoms with Gasteiger partial charge in [0.1, 0.15) is 5.82 Å². The van der Waals surface area contributed by atoms with Crippen LogP contribution in [0.2, 0.25) is 0 Å². The Kier molecular flexibility index (Phi) is 4.61. The molecular formula is C21H19N3O3. The minimum atomic E-state index is -0.219. The molecule has 1 aliphatic heterocycles. The van der Waals surface area contributed by atoms with Crippen molar-refractivity contribution in [1.82, 2.24) is 4.98 Å². The summed E-state index contributed by atoms with van der Waals surface area (Å²) >= 11 is 0. The van der Waals surface area contributed by atoms with E-state index in [0.717, 1.165) is 12.1 Å². The van der Waals surface area contributed by atoms with Gasteiger partial charge in [0, 0.05) is 29.2 Å². The minimum absolute atomic E-state index is 0.200. The lowest BCUT2D eigenvalue weighted by Gasteiger charge is -2.11. The topological polar surface area (TPSA) is 72.5 Å². The Labute approximate surface area is 157 Å². The van der Waals surface area contributed by atoms with Crippen molar-refractivity contribution in [2.24, 2.45) is 0 Å². The van der Waals surface area contributed by atoms with E-state index < -0.39 is 0 Å². The number of amides is 1. The van der Waals surface area contributed by atoms with Gasteiger partial charge >= 0.3 is 0 Å². The molecule has 0 saturated heterocycles. The average Bonchev–Trinajstić information content (AvgIpc) is 3.16. The molecule has 4 rings (SSSR count). The van der Waals surface area contributed by atoms with Crippen molar-refractivity contribution >= 4 is 23.1 Å². The number of fused-ring (bicyclic) bond motifs is 1. The quantitative estimate of drug-likeness (QED) is 0.706. The van der Waals surface area contributed by atoms with Crippen molar-refractivity contribution < 1.29 is 14.3 Å². The van der Waals surface area contributed by atoms with Gasteiger partial charge in [-0.3, -0.25) is 4.79 Å². The first kappa shape index (κ1) is 16.9. The highest BCUT2D eigenvalue weighted by atomic mass is 16.7. The molecule has 3 aromatic rings. The SMILES string of the molecule is CCc1ccccc1Nc1cc(C(=O)Nc2ccc3c(c2)OCO3)ccn1. The first-order valence-corrected chi connectivity index (χ1v) is 8.75. The molecule has 2 N–H and O–H groups in total. The van der Waals surface area contributed by atoms with Gasteiger partial charge in [-0.25, -0.2) is 4.98 Å². The van der Waals surface area contributed by atoms with Crippen LogP contribution in [0.4, 0.5) is 17.2 Å². The molecule has 0 radical (unpaired) electrons. The summed E-state index contributed by atoms with van der Waals surface area (Å²) in [6, 6.07) is 16.8. The van der Waals surface area contributed by atoms with Crippen LogP contribution in [0.1, 0.15) is 22.8 Å². The summed E-state index contributed by atoms with van der Waals surface area (Å²) in [5.41, 5.74) is 3.33. The van der Waals surface area contributed by atoms with Crippen LogP contribution >= 0.6 is 0 Å². The second-order valence-electron chi connectivity index (χ2n) is 6.09. The molecule has 2 aromatic carbocycles. The summed E-state index contributed by atoms with van der Waals surface area (Å²) < 4.78 is 10.6. The third kappa shape index (κ3) is 3.69. The van der Waals surface area contributed by atoms with Crippen molar-refractivity contribution in [3.63, 3.8) is 0 Å². The van der Waals surface area contributed by atoms with Crippen LogP contribution < -0.4 is 20.1 Å². The first-order valence-electron chi connectivity index (χ1n) is 8.75. The summed E-state index contributed by atoms with van der Waals surface area (Å²) in [4.78, 5) is 16.9. The van der Waals surface area contributed by atoms with Gasteiger partial charge in [0.25, 0.3) is 5.91 Å². The Morgan fingerprint density at radius 3 is 2.81 bits per heavy atom. The maximum Gasteiger partial charge on any atom is 0.255 e. The first-order chi connectivity index (χ1) is 13.2. The van der Waals surface area contributed by atoms with E-state index in [1.807, 2.05) is 18.2 Å². The monoisotopic (exact) mass is 361 g/mol. The van der Waals surface area contributed by atoms with Crippen LogP contribution in [-0.2, 0) is 6.42 Å². The smallest absolute Gasteiger partial charge is 0.255 e. The number of nitrogens with zero attached hydrogens (tertiary/aromatic N) is 1. The van der Waals surface area contributed by atoms with Gasteiger partial charge in [0.15, 0.2) is 11.5 Å². The number of hydrogen-bond donors (Lipinski definition) is 2. The normalized spacial score (nSPS) is 11.9. The van der Waals surface area contributed by atoms with Crippen LogP contribution in [0.3, 0.4) is 0 Å². The number of benzene rings is 2.